The maximum atomic E-state index is 13.5. The van der Waals surface area contributed by atoms with Gasteiger partial charge >= 0.3 is 5.97 Å². The van der Waals surface area contributed by atoms with E-state index in [1.165, 1.54) is 39.8 Å². The highest BCUT2D eigenvalue weighted by Crippen LogP contribution is 2.49. The van der Waals surface area contributed by atoms with E-state index in [1.54, 1.807) is 20.8 Å². The second-order valence-electron chi connectivity index (χ2n) is 18.0. The molecule has 18 atom stereocenters. The Balaban J connectivity index is 1.99. The summed E-state index contributed by atoms with van der Waals surface area (Å²) in [6, 6.07) is 0. The van der Waals surface area contributed by atoms with Crippen molar-refractivity contribution in [3.8, 4) is 0 Å². The summed E-state index contributed by atoms with van der Waals surface area (Å²) >= 11 is 0. The van der Waals surface area contributed by atoms with Gasteiger partial charge in [0.25, 0.3) is 0 Å². The van der Waals surface area contributed by atoms with E-state index in [4.69, 9.17) is 14.2 Å². The van der Waals surface area contributed by atoms with Crippen LogP contribution < -0.4 is 0 Å². The summed E-state index contributed by atoms with van der Waals surface area (Å²) in [7, 11) is 0. The van der Waals surface area contributed by atoms with Gasteiger partial charge in [-0.3, -0.25) is 9.59 Å². The molecule has 11 nitrogen and oxygen atoms in total. The lowest BCUT2D eigenvalue weighted by Crippen LogP contribution is -2.62. The van der Waals surface area contributed by atoms with Crippen LogP contribution >= 0.6 is 0 Å². The van der Waals surface area contributed by atoms with Gasteiger partial charge in [0.15, 0.2) is 11.6 Å². The first-order valence-electron chi connectivity index (χ1n) is 21.2. The topological polar surface area (TPSA) is 180 Å². The fourth-order valence-electron chi connectivity index (χ4n) is 9.01. The van der Waals surface area contributed by atoms with Gasteiger partial charge in [0, 0.05) is 48.0 Å². The Labute approximate surface area is 336 Å². The number of rotatable bonds is 3. The number of fused-ring (bicyclic) bond motifs is 2. The first-order valence-corrected chi connectivity index (χ1v) is 21.2. The molecule has 56 heavy (non-hydrogen) atoms. The number of hydrogen-bond donors (Lipinski definition) is 5. The molecule has 0 amide bonds. The van der Waals surface area contributed by atoms with Crippen LogP contribution in [0.1, 0.15) is 121 Å². The minimum absolute atomic E-state index is 0.168. The Kier molecular flexibility index (Phi) is 17.7. The summed E-state index contributed by atoms with van der Waals surface area (Å²) in [6.45, 7) is 19.1. The minimum atomic E-state index is -2.18. The molecule has 3 aliphatic heterocycles. The van der Waals surface area contributed by atoms with E-state index < -0.39 is 89.0 Å². The van der Waals surface area contributed by atoms with Crippen molar-refractivity contribution in [3.63, 3.8) is 0 Å². The summed E-state index contributed by atoms with van der Waals surface area (Å²) in [5.41, 5.74) is -2.18. The van der Waals surface area contributed by atoms with E-state index in [1.807, 2.05) is 32.1 Å². The second kappa shape index (κ2) is 20.6. The lowest BCUT2D eigenvalue weighted by atomic mass is 9.74. The van der Waals surface area contributed by atoms with E-state index in [2.05, 4.69) is 19.9 Å². The van der Waals surface area contributed by atoms with E-state index in [0.717, 1.165) is 19.3 Å². The van der Waals surface area contributed by atoms with Crippen molar-refractivity contribution in [2.45, 2.75) is 175 Å². The largest absolute Gasteiger partial charge is 0.458 e. The lowest BCUT2D eigenvalue weighted by molar-refractivity contribution is -0.371. The van der Waals surface area contributed by atoms with Crippen molar-refractivity contribution in [3.05, 3.63) is 36.5 Å². The molecule has 3 rings (SSSR count). The Morgan fingerprint density at radius 1 is 0.839 bits per heavy atom. The third kappa shape index (κ3) is 11.5. The van der Waals surface area contributed by atoms with Gasteiger partial charge in [0.1, 0.15) is 17.5 Å². The zero-order valence-electron chi connectivity index (χ0n) is 35.8. The monoisotopic (exact) mass is 791 g/mol. The number of aliphatic hydroxyl groups is 5. The Hall–Kier alpha value is -2.25. The summed E-state index contributed by atoms with van der Waals surface area (Å²) in [5, 5.41) is 55.0. The van der Waals surface area contributed by atoms with Crippen LogP contribution in [-0.2, 0) is 28.6 Å². The molecule has 0 aromatic rings. The molecule has 0 radical (unpaired) electrons. The molecule has 2 bridgehead atoms. The molecule has 2 fully saturated rings. The number of hydrogen-bond acceptors (Lipinski definition) is 11. The van der Waals surface area contributed by atoms with Crippen molar-refractivity contribution >= 4 is 17.5 Å². The van der Waals surface area contributed by atoms with Crippen molar-refractivity contribution in [1.82, 2.24) is 0 Å². The maximum absolute atomic E-state index is 13.5. The fourth-order valence-corrected chi connectivity index (χ4v) is 9.01. The maximum Gasteiger partial charge on any atom is 0.330 e. The van der Waals surface area contributed by atoms with E-state index in [-0.39, 0.29) is 35.9 Å². The highest BCUT2D eigenvalue weighted by atomic mass is 16.7. The zero-order valence-corrected chi connectivity index (χ0v) is 35.8. The molecule has 5 unspecified atom stereocenters. The predicted molar refractivity (Wildman–Crippen MR) is 215 cm³/mol. The van der Waals surface area contributed by atoms with Crippen molar-refractivity contribution < 1.29 is 54.1 Å². The molecule has 0 aromatic heterocycles. The van der Waals surface area contributed by atoms with Gasteiger partial charge in [-0.05, 0) is 70.1 Å². The van der Waals surface area contributed by atoms with Crippen LogP contribution in [0.3, 0.4) is 0 Å². The van der Waals surface area contributed by atoms with Crippen LogP contribution in [0.15, 0.2) is 36.5 Å². The summed E-state index contributed by atoms with van der Waals surface area (Å²) in [6.07, 6.45) is 9.62. The van der Waals surface area contributed by atoms with Crippen LogP contribution in [-0.4, -0.2) is 97.2 Å². The number of esters is 1. The van der Waals surface area contributed by atoms with Gasteiger partial charge in [-0.1, -0.05) is 92.7 Å². The average Bonchev–Trinajstić information content (AvgIpc) is 3.16. The first kappa shape index (κ1) is 48.1. The van der Waals surface area contributed by atoms with Crippen molar-refractivity contribution in [2.24, 2.45) is 53.3 Å². The van der Waals surface area contributed by atoms with Crippen LogP contribution in [0.25, 0.3) is 0 Å². The van der Waals surface area contributed by atoms with Gasteiger partial charge in [-0.25, -0.2) is 4.79 Å². The van der Waals surface area contributed by atoms with Crippen LogP contribution in [0.5, 0.6) is 0 Å². The minimum Gasteiger partial charge on any atom is -0.458 e. The first-order chi connectivity index (χ1) is 26.1. The zero-order chi connectivity index (χ0) is 42.3. The Morgan fingerprint density at radius 3 is 2.11 bits per heavy atom. The number of aliphatic hydroxyl groups excluding tert-OH is 4. The SMILES string of the molecule is CCC1/C=C/C=C/C[C@H](C)[C@@H](O)[C@](C)(O)C(=O)[C@@H](C)[C@H](O)[C@@H](C)C(=O)[C@H](C)[C@H](O)[C@H](C)/C=C/C(=O)OC2[C@@H](C)C(CC1)OC1(CC[C@@H](C)C(C[C@H](C)O)O1)[C@@H]2C. The summed E-state index contributed by atoms with van der Waals surface area (Å²) in [4.78, 5) is 40.5. The Morgan fingerprint density at radius 2 is 1.48 bits per heavy atom. The molecule has 0 saturated carbocycles. The predicted octanol–water partition coefficient (Wildman–Crippen LogP) is 5.88. The lowest BCUT2D eigenvalue weighted by Gasteiger charge is -2.55. The van der Waals surface area contributed by atoms with Gasteiger partial charge in [-0.2, -0.15) is 0 Å². The summed E-state index contributed by atoms with van der Waals surface area (Å²) < 4.78 is 20.0. The molecule has 3 heterocycles. The highest BCUT2D eigenvalue weighted by molar-refractivity contribution is 5.91. The molecular weight excluding hydrogens is 716 g/mol. The van der Waals surface area contributed by atoms with Crippen LogP contribution in [0, 0.1) is 53.3 Å². The van der Waals surface area contributed by atoms with Crippen molar-refractivity contribution in [1.29, 1.82) is 0 Å². The fraction of sp³-hybridized carbons (Fsp3) is 0.800. The smallest absolute Gasteiger partial charge is 0.330 e. The van der Waals surface area contributed by atoms with Crippen molar-refractivity contribution in [2.75, 3.05) is 0 Å². The Bertz CT molecular complexity index is 1390. The molecule has 1 spiro atoms. The van der Waals surface area contributed by atoms with Gasteiger partial charge in [0.2, 0.25) is 0 Å². The highest BCUT2D eigenvalue weighted by Gasteiger charge is 2.56. The third-order valence-electron chi connectivity index (χ3n) is 13.4. The molecule has 11 heteroatoms. The van der Waals surface area contributed by atoms with Gasteiger partial charge < -0.3 is 39.7 Å². The van der Waals surface area contributed by atoms with E-state index >= 15 is 0 Å². The second-order valence-corrected chi connectivity index (χ2v) is 18.0. The van der Waals surface area contributed by atoms with E-state index in [9.17, 15) is 39.9 Å². The van der Waals surface area contributed by atoms with E-state index in [0.29, 0.717) is 25.7 Å². The normalized spacial score (nSPS) is 46.8. The van der Waals surface area contributed by atoms with Crippen LogP contribution in [0.4, 0.5) is 0 Å². The molecule has 320 valence electrons. The number of Topliss-reactive ketones (excluding diaryl/α,β-unsaturated/α-hetero) is 2. The number of ether oxygens (including phenoxy) is 3. The molecule has 3 aliphatic rings. The average molecular weight is 791 g/mol. The molecule has 5 N–H and O–H groups in total. The van der Waals surface area contributed by atoms with Gasteiger partial charge in [0.05, 0.1) is 36.6 Å². The quantitative estimate of drug-likeness (QED) is 0.216. The molecule has 0 aliphatic carbocycles. The molecular formula is C45H74O11. The van der Waals surface area contributed by atoms with Crippen LogP contribution in [0.2, 0.25) is 0 Å². The third-order valence-corrected chi connectivity index (χ3v) is 13.4. The number of ketones is 2. The number of allylic oxidation sites excluding steroid dienone is 4. The summed E-state index contributed by atoms with van der Waals surface area (Å²) in [5.74, 6) is -7.28. The standard InChI is InChI=1S/C45H74O11/c1-12-34-17-15-13-14-16-27(4)42(51)44(11,53)43(52)32(9)40(50)31(8)39(49)30(7)38(48)26(3)18-21-37(47)54-41-29(6)35(20-19-34)55-45(33(41)10)23-22-25(2)36(56-45)24-28(5)46/h13-15,17-18,21,25-36,38,40-42,46,48,50-51,53H,12,16,19-20,22-24H2,1-11H3/b14-13+,17-15+,21-18+/t25-,26-,27+,28+,29+,30-,31+,32+,33-,34?,35?,36?,38-,40-,41?,42-,44+,45?/m1/s1. The molecule has 2 saturated heterocycles. The van der Waals surface area contributed by atoms with Gasteiger partial charge in [-0.15, -0.1) is 0 Å². The molecule has 0 aromatic carbocycles. The number of carbonyl (C=O) groups excluding carboxylic acids is 3. The number of carbonyl (C=O) groups is 3.